The van der Waals surface area contributed by atoms with Crippen LogP contribution in [-0.4, -0.2) is 97.6 Å². The fraction of sp³-hybridized carbons (Fsp3) is 0.0455. The molecular weight excluding hydrogens is 560 g/mol. The number of aromatic nitrogens is 19. The minimum Gasteiger partial charge on any atom is -0.362 e. The first-order chi connectivity index (χ1) is 21.4. The summed E-state index contributed by atoms with van der Waals surface area (Å²) in [6.45, 7) is 0. The lowest BCUT2D eigenvalue weighted by molar-refractivity contribution is 0.299. The highest BCUT2D eigenvalue weighted by atomic mass is 16.6. The van der Waals surface area contributed by atoms with Gasteiger partial charge in [0, 0.05) is 29.0 Å². The van der Waals surface area contributed by atoms with Crippen molar-refractivity contribution in [3.05, 3.63) is 95.7 Å². The van der Waals surface area contributed by atoms with Crippen molar-refractivity contribution < 1.29 is 4.63 Å². The molecule has 1 atom stereocenters. The number of nitrogens with one attached hydrogen (secondary N) is 4. The highest BCUT2D eigenvalue weighted by Gasteiger charge is 2.57. The highest BCUT2D eigenvalue weighted by Crippen LogP contribution is 2.58. The van der Waals surface area contributed by atoms with Gasteiger partial charge in [0.05, 0.1) is 42.4 Å². The number of H-pyrrole nitrogens is 4. The largest absolute Gasteiger partial charge is 0.362 e. The highest BCUT2D eigenvalue weighted by molar-refractivity contribution is 6.26. The van der Waals surface area contributed by atoms with Gasteiger partial charge in [0.2, 0.25) is 5.82 Å². The summed E-state index contributed by atoms with van der Waals surface area (Å²) in [6, 6.07) is 7.16. The number of allylic oxidation sites excluding steroid dienone is 2. The zero-order valence-corrected chi connectivity index (χ0v) is 21.3. The predicted molar refractivity (Wildman–Crippen MR) is 139 cm³/mol. The molecule has 1 aliphatic rings. The second kappa shape index (κ2) is 9.61. The van der Waals surface area contributed by atoms with Gasteiger partial charge >= 0.3 is 0 Å². The van der Waals surface area contributed by atoms with E-state index in [-0.39, 0.29) is 5.82 Å². The molecule has 0 bridgehead atoms. The number of nitrogens with zero attached hydrogens (tertiary/aromatic N) is 16. The van der Waals surface area contributed by atoms with Gasteiger partial charge in [-0.3, -0.25) is 5.10 Å². The van der Waals surface area contributed by atoms with Crippen LogP contribution in [0.3, 0.4) is 0 Å². The van der Waals surface area contributed by atoms with E-state index in [1.807, 2.05) is 17.0 Å². The van der Waals surface area contributed by atoms with E-state index in [0.29, 0.717) is 56.7 Å². The second-order valence-electron chi connectivity index (χ2n) is 8.84. The molecule has 21 heteroatoms. The summed E-state index contributed by atoms with van der Waals surface area (Å²) in [5.74, 6) is 0.659. The van der Waals surface area contributed by atoms with Gasteiger partial charge in [-0.25, -0.2) is 4.63 Å². The van der Waals surface area contributed by atoms with Crippen molar-refractivity contribution in [2.45, 2.75) is 5.54 Å². The van der Waals surface area contributed by atoms with E-state index >= 15 is 0 Å². The van der Waals surface area contributed by atoms with Crippen LogP contribution in [0.4, 0.5) is 5.82 Å². The molecule has 0 amide bonds. The van der Waals surface area contributed by atoms with Gasteiger partial charge in [-0.2, -0.15) is 25.7 Å². The molecule has 8 heterocycles. The first-order valence-electron chi connectivity index (χ1n) is 12.3. The summed E-state index contributed by atoms with van der Waals surface area (Å²) in [4.78, 5) is 5.22. The summed E-state index contributed by atoms with van der Waals surface area (Å²) in [7, 11) is 0. The molecular formula is C22H14N20O. The fourth-order valence-corrected chi connectivity index (χ4v) is 5.30. The van der Waals surface area contributed by atoms with Gasteiger partial charge in [-0.1, -0.05) is 10.3 Å². The van der Waals surface area contributed by atoms with E-state index in [9.17, 15) is 0 Å². The zero-order chi connectivity index (χ0) is 28.6. The molecule has 0 aromatic carbocycles. The molecule has 208 valence electrons. The fourth-order valence-electron chi connectivity index (χ4n) is 5.30. The van der Waals surface area contributed by atoms with Gasteiger partial charge < -0.3 is 9.88 Å². The molecule has 7 aromatic rings. The van der Waals surface area contributed by atoms with Crippen LogP contribution in [0.25, 0.3) is 22.4 Å². The van der Waals surface area contributed by atoms with Crippen LogP contribution in [0.2, 0.25) is 0 Å². The third-order valence-electron chi connectivity index (χ3n) is 6.77. The monoisotopic (exact) mass is 574 g/mol. The average molecular weight is 574 g/mol. The van der Waals surface area contributed by atoms with Crippen molar-refractivity contribution in [1.29, 1.82) is 0 Å². The number of tetrazole rings is 1. The molecule has 21 nitrogen and oxygen atoms in total. The van der Waals surface area contributed by atoms with Crippen LogP contribution in [0, 0.1) is 0 Å². The van der Waals surface area contributed by atoms with Gasteiger partial charge in [0.15, 0.2) is 5.54 Å². The number of hydrogen-bond donors (Lipinski definition) is 4. The van der Waals surface area contributed by atoms with Crippen molar-refractivity contribution in [1.82, 2.24) is 97.6 Å². The Kier molecular flexibility index (Phi) is 5.35. The van der Waals surface area contributed by atoms with E-state index in [4.69, 9.17) is 4.63 Å². The molecule has 0 radical (unpaired) electrons. The van der Waals surface area contributed by atoms with Crippen molar-refractivity contribution in [3.63, 3.8) is 0 Å². The Hall–Kier alpha value is -6.93. The Morgan fingerprint density at radius 3 is 2.44 bits per heavy atom. The Balaban J connectivity index is 1.67. The van der Waals surface area contributed by atoms with Gasteiger partial charge in [0.1, 0.15) is 28.6 Å². The topological polar surface area (TPSA) is 273 Å². The minimum atomic E-state index is -1.49. The lowest BCUT2D eigenvalue weighted by Crippen LogP contribution is -2.51. The molecule has 1 aliphatic heterocycles. The first-order valence-corrected chi connectivity index (χ1v) is 12.3. The van der Waals surface area contributed by atoms with Crippen LogP contribution in [0.1, 0.15) is 34.3 Å². The molecule has 43 heavy (non-hydrogen) atoms. The van der Waals surface area contributed by atoms with E-state index in [1.165, 1.54) is 18.6 Å². The smallest absolute Gasteiger partial charge is 0.204 e. The molecule has 0 saturated carbocycles. The van der Waals surface area contributed by atoms with Crippen LogP contribution in [-0.2, 0) is 5.54 Å². The molecule has 4 N–H and O–H groups in total. The summed E-state index contributed by atoms with van der Waals surface area (Å²) >= 11 is 0. The Labute approximate surface area is 236 Å². The van der Waals surface area contributed by atoms with Gasteiger partial charge in [-0.05, 0) is 39.1 Å². The zero-order valence-electron chi connectivity index (χ0n) is 21.3. The molecule has 0 saturated heterocycles. The van der Waals surface area contributed by atoms with Crippen molar-refractivity contribution in [2.24, 2.45) is 0 Å². The van der Waals surface area contributed by atoms with Crippen molar-refractivity contribution >= 4 is 28.2 Å². The minimum absolute atomic E-state index is 0.174. The standard InChI is InChI=1S/C22H14N20O/c1-2-14(23-5-1)22(15-10-28-43-35-15)19(21-33-40-41-34-21)17(12-8-26-37-30-12)18(13-9-27-38-39-31-13)20(11-3-6-25-36-29-11)42(22)16-4-7-24-32-16/h1-10,23H,(H,24,32)(H,26,30,37)(H,33,34,40,41). The molecule has 8 rings (SSSR count). The maximum Gasteiger partial charge on any atom is 0.204 e. The van der Waals surface area contributed by atoms with E-state index in [2.05, 4.69) is 97.6 Å². The first kappa shape index (κ1) is 23.9. The third kappa shape index (κ3) is 3.54. The molecule has 0 fully saturated rings. The number of aromatic amines is 4. The van der Waals surface area contributed by atoms with E-state index in [1.54, 1.807) is 30.7 Å². The van der Waals surface area contributed by atoms with Crippen LogP contribution in [0.5, 0.6) is 0 Å². The van der Waals surface area contributed by atoms with Crippen LogP contribution in [0.15, 0.2) is 66.1 Å². The SMILES string of the molecule is c1c[nH]c(C2(c3cnon3)C(c3nn[nH]n3)=C(c3cn[nH]n3)C(c3cnnnn3)=C(c3ccnnn3)N2c2ccn[nH]2)c1. The summed E-state index contributed by atoms with van der Waals surface area (Å²) in [6.07, 6.45) is 9.36. The average Bonchev–Trinajstić information content (AvgIpc) is 3.90. The molecule has 0 aliphatic carbocycles. The van der Waals surface area contributed by atoms with Crippen LogP contribution >= 0.6 is 0 Å². The second-order valence-corrected chi connectivity index (χ2v) is 8.84. The number of anilines is 1. The normalized spacial score (nSPS) is 17.2. The predicted octanol–water partition coefficient (Wildman–Crippen LogP) is -0.540. The maximum absolute atomic E-state index is 5.22. The van der Waals surface area contributed by atoms with Crippen molar-refractivity contribution in [3.8, 4) is 0 Å². The lowest BCUT2D eigenvalue weighted by atomic mass is 9.72. The third-order valence-corrected chi connectivity index (χ3v) is 6.77. The summed E-state index contributed by atoms with van der Waals surface area (Å²) in [5.41, 5.74) is 2.20. The Morgan fingerprint density at radius 2 is 1.77 bits per heavy atom. The Morgan fingerprint density at radius 1 is 0.791 bits per heavy atom. The molecule has 0 spiro atoms. The lowest BCUT2D eigenvalue weighted by Gasteiger charge is -2.48. The summed E-state index contributed by atoms with van der Waals surface area (Å²) in [5, 5.41) is 70.3. The van der Waals surface area contributed by atoms with Crippen molar-refractivity contribution in [2.75, 3.05) is 4.90 Å². The summed E-state index contributed by atoms with van der Waals surface area (Å²) < 4.78 is 5.22. The number of rotatable bonds is 7. The molecule has 1 unspecified atom stereocenters. The Bertz CT molecular complexity index is 1960. The maximum atomic E-state index is 5.22. The number of hydrogen-bond acceptors (Lipinski definition) is 17. The van der Waals surface area contributed by atoms with E-state index in [0.717, 1.165) is 0 Å². The van der Waals surface area contributed by atoms with Gasteiger partial charge in [-0.15, -0.1) is 30.6 Å². The molecule has 7 aromatic heterocycles. The van der Waals surface area contributed by atoms with E-state index < -0.39 is 5.54 Å². The quantitative estimate of drug-likeness (QED) is 0.186. The van der Waals surface area contributed by atoms with Crippen LogP contribution < -0.4 is 4.90 Å². The van der Waals surface area contributed by atoms with Gasteiger partial charge in [0.25, 0.3) is 0 Å².